The lowest BCUT2D eigenvalue weighted by Crippen LogP contribution is -2.45. The van der Waals surface area contributed by atoms with Gasteiger partial charge in [-0.25, -0.2) is 0 Å². The molecule has 0 radical (unpaired) electrons. The van der Waals surface area contributed by atoms with Crippen LogP contribution in [0.5, 0.6) is 0 Å². The van der Waals surface area contributed by atoms with Gasteiger partial charge in [0.15, 0.2) is 0 Å². The number of β-amino-alcohol motifs (C(OH)–C–C–N with tert-alkyl or cyclic N) is 1. The molecule has 0 saturated carbocycles. The number of hydrogen-bond donors (Lipinski definition) is 2. The second kappa shape index (κ2) is 8.25. The molecule has 0 amide bonds. The first-order valence-corrected chi connectivity index (χ1v) is 8.67. The van der Waals surface area contributed by atoms with Gasteiger partial charge in [-0.3, -0.25) is 0 Å². The minimum atomic E-state index is -0.437. The molecule has 1 saturated heterocycles. The van der Waals surface area contributed by atoms with Gasteiger partial charge in [-0.1, -0.05) is 13.0 Å². The summed E-state index contributed by atoms with van der Waals surface area (Å²) in [6, 6.07) is 4.05. The van der Waals surface area contributed by atoms with Crippen LogP contribution < -0.4 is 0 Å². The molecule has 0 aliphatic carbocycles. The van der Waals surface area contributed by atoms with E-state index in [1.54, 1.807) is 11.3 Å². The molecule has 2 rings (SSSR count). The van der Waals surface area contributed by atoms with Crippen molar-refractivity contribution in [3.05, 3.63) is 22.4 Å². The van der Waals surface area contributed by atoms with Crippen LogP contribution in [0.15, 0.2) is 17.5 Å². The Bertz CT molecular complexity index is 382. The van der Waals surface area contributed by atoms with Gasteiger partial charge in [-0.15, -0.1) is 11.3 Å². The van der Waals surface area contributed by atoms with Gasteiger partial charge in [0.2, 0.25) is 0 Å². The summed E-state index contributed by atoms with van der Waals surface area (Å²) in [6.07, 6.45) is 2.63. The number of nitrogens with zero attached hydrogens (tertiary/aromatic N) is 1. The normalized spacial score (nSPS) is 20.5. The summed E-state index contributed by atoms with van der Waals surface area (Å²) in [7, 11) is 0. The molecule has 0 aromatic carbocycles. The Balaban J connectivity index is 1.63. The van der Waals surface area contributed by atoms with Gasteiger partial charge in [-0.05, 0) is 49.2 Å². The van der Waals surface area contributed by atoms with E-state index in [4.69, 9.17) is 4.74 Å². The number of hydrogen-bond acceptors (Lipinski definition) is 5. The van der Waals surface area contributed by atoms with E-state index in [0.717, 1.165) is 32.4 Å². The first-order chi connectivity index (χ1) is 10.2. The highest BCUT2D eigenvalue weighted by atomic mass is 32.1. The molecular weight excluding hydrogens is 286 g/mol. The predicted molar refractivity (Wildman–Crippen MR) is 85.5 cm³/mol. The van der Waals surface area contributed by atoms with E-state index in [0.29, 0.717) is 19.8 Å². The van der Waals surface area contributed by atoms with Crippen molar-refractivity contribution < 1.29 is 14.9 Å². The van der Waals surface area contributed by atoms with Gasteiger partial charge in [-0.2, -0.15) is 0 Å². The maximum Gasteiger partial charge on any atom is 0.0900 e. The van der Waals surface area contributed by atoms with Crippen molar-refractivity contribution in [3.63, 3.8) is 0 Å². The van der Waals surface area contributed by atoms with Crippen LogP contribution in [0.1, 0.15) is 31.1 Å². The molecule has 1 fully saturated rings. The lowest BCUT2D eigenvalue weighted by atomic mass is 9.77. The number of aliphatic hydroxyl groups excluding tert-OH is 2. The van der Waals surface area contributed by atoms with Crippen molar-refractivity contribution in [2.75, 3.05) is 32.8 Å². The van der Waals surface area contributed by atoms with Gasteiger partial charge in [0.05, 0.1) is 19.3 Å². The zero-order valence-corrected chi connectivity index (χ0v) is 13.6. The Morgan fingerprint density at radius 2 is 2.19 bits per heavy atom. The Labute approximate surface area is 131 Å². The summed E-state index contributed by atoms with van der Waals surface area (Å²) < 4.78 is 5.56. The molecule has 1 atom stereocenters. The van der Waals surface area contributed by atoms with Crippen molar-refractivity contribution in [1.29, 1.82) is 0 Å². The predicted octanol–water partition coefficient (Wildman–Crippen LogP) is 2.11. The SMILES string of the molecule is CCC1(CO)CCN(CC(O)COCc2cccs2)CC1. The Kier molecular flexibility index (Phi) is 6.64. The lowest BCUT2D eigenvalue weighted by Gasteiger charge is -2.40. The van der Waals surface area contributed by atoms with Crippen LogP contribution >= 0.6 is 11.3 Å². The topological polar surface area (TPSA) is 52.9 Å². The van der Waals surface area contributed by atoms with Crippen LogP contribution in [0.2, 0.25) is 0 Å². The van der Waals surface area contributed by atoms with Crippen molar-refractivity contribution in [3.8, 4) is 0 Å². The molecule has 1 aliphatic rings. The van der Waals surface area contributed by atoms with Gasteiger partial charge in [0.25, 0.3) is 0 Å². The molecule has 21 heavy (non-hydrogen) atoms. The van der Waals surface area contributed by atoms with Crippen molar-refractivity contribution >= 4 is 11.3 Å². The number of piperidine rings is 1. The van der Waals surface area contributed by atoms with Gasteiger partial charge in [0, 0.05) is 18.0 Å². The minimum absolute atomic E-state index is 0.108. The van der Waals surface area contributed by atoms with Crippen LogP contribution in [0.3, 0.4) is 0 Å². The molecule has 0 spiro atoms. The molecular formula is C16H27NO3S. The van der Waals surface area contributed by atoms with E-state index in [1.165, 1.54) is 4.88 Å². The standard InChI is InChI=1S/C16H27NO3S/c1-2-16(13-18)5-7-17(8-6-16)10-14(19)11-20-12-15-4-3-9-21-15/h3-4,9,14,18-19H,2,5-8,10-13H2,1H3. The van der Waals surface area contributed by atoms with Crippen LogP contribution in [0.4, 0.5) is 0 Å². The van der Waals surface area contributed by atoms with E-state index in [9.17, 15) is 10.2 Å². The number of ether oxygens (including phenoxy) is 1. The molecule has 1 unspecified atom stereocenters. The molecule has 4 nitrogen and oxygen atoms in total. The van der Waals surface area contributed by atoms with E-state index in [1.807, 2.05) is 17.5 Å². The van der Waals surface area contributed by atoms with Crippen molar-refractivity contribution in [2.24, 2.45) is 5.41 Å². The molecule has 5 heteroatoms. The lowest BCUT2D eigenvalue weighted by molar-refractivity contribution is -0.0114. The Morgan fingerprint density at radius 3 is 2.76 bits per heavy atom. The second-order valence-electron chi connectivity index (χ2n) is 6.06. The van der Waals surface area contributed by atoms with Crippen molar-refractivity contribution in [2.45, 2.75) is 38.9 Å². The number of aliphatic hydroxyl groups is 2. The maximum atomic E-state index is 10.1. The summed E-state index contributed by atoms with van der Waals surface area (Å²) in [6.45, 7) is 5.97. The molecule has 1 aromatic heterocycles. The molecule has 2 N–H and O–H groups in total. The minimum Gasteiger partial charge on any atom is -0.396 e. The largest absolute Gasteiger partial charge is 0.396 e. The summed E-state index contributed by atoms with van der Waals surface area (Å²) in [5.41, 5.74) is 0.108. The highest BCUT2D eigenvalue weighted by Gasteiger charge is 2.32. The molecule has 2 heterocycles. The van der Waals surface area contributed by atoms with E-state index in [2.05, 4.69) is 11.8 Å². The van der Waals surface area contributed by atoms with Crippen LogP contribution in [-0.2, 0) is 11.3 Å². The van der Waals surface area contributed by atoms with Crippen LogP contribution in [0.25, 0.3) is 0 Å². The third-order valence-electron chi connectivity index (χ3n) is 4.61. The third kappa shape index (κ3) is 5.04. The van der Waals surface area contributed by atoms with E-state index in [-0.39, 0.29) is 12.0 Å². The zero-order valence-electron chi connectivity index (χ0n) is 12.8. The Hall–Kier alpha value is -0.460. The summed E-state index contributed by atoms with van der Waals surface area (Å²) in [4.78, 5) is 3.47. The summed E-state index contributed by atoms with van der Waals surface area (Å²) in [5, 5.41) is 21.6. The Morgan fingerprint density at radius 1 is 1.43 bits per heavy atom. The highest BCUT2D eigenvalue weighted by Crippen LogP contribution is 2.34. The average Bonchev–Trinajstić information content (AvgIpc) is 3.02. The third-order valence-corrected chi connectivity index (χ3v) is 5.46. The van der Waals surface area contributed by atoms with Gasteiger partial charge in [0.1, 0.15) is 0 Å². The van der Waals surface area contributed by atoms with Crippen LogP contribution in [0, 0.1) is 5.41 Å². The molecule has 1 aliphatic heterocycles. The number of rotatable bonds is 8. The summed E-state index contributed by atoms with van der Waals surface area (Å²) >= 11 is 1.67. The molecule has 1 aromatic rings. The van der Waals surface area contributed by atoms with E-state index >= 15 is 0 Å². The zero-order chi connectivity index (χ0) is 15.1. The molecule has 0 bridgehead atoms. The van der Waals surface area contributed by atoms with E-state index < -0.39 is 6.10 Å². The number of likely N-dealkylation sites (tertiary alicyclic amines) is 1. The fourth-order valence-electron chi connectivity index (χ4n) is 2.87. The highest BCUT2D eigenvalue weighted by molar-refractivity contribution is 7.09. The average molecular weight is 313 g/mol. The fourth-order valence-corrected chi connectivity index (χ4v) is 3.51. The van der Waals surface area contributed by atoms with Crippen LogP contribution in [-0.4, -0.2) is 54.1 Å². The first kappa shape index (κ1) is 16.9. The molecule has 120 valence electrons. The quantitative estimate of drug-likeness (QED) is 0.772. The summed E-state index contributed by atoms with van der Waals surface area (Å²) in [5.74, 6) is 0. The monoisotopic (exact) mass is 313 g/mol. The van der Waals surface area contributed by atoms with Gasteiger partial charge >= 0.3 is 0 Å². The number of thiophene rings is 1. The second-order valence-corrected chi connectivity index (χ2v) is 7.09. The van der Waals surface area contributed by atoms with Crippen molar-refractivity contribution in [1.82, 2.24) is 4.90 Å². The fraction of sp³-hybridized carbons (Fsp3) is 0.750. The van der Waals surface area contributed by atoms with Gasteiger partial charge < -0.3 is 19.8 Å². The first-order valence-electron chi connectivity index (χ1n) is 7.79. The smallest absolute Gasteiger partial charge is 0.0900 e. The maximum absolute atomic E-state index is 10.1.